The first kappa shape index (κ1) is 11.9. The minimum atomic E-state index is -0.453. The van der Waals surface area contributed by atoms with Gasteiger partial charge in [0.15, 0.2) is 5.65 Å². The van der Waals surface area contributed by atoms with E-state index in [0.29, 0.717) is 17.2 Å². The quantitative estimate of drug-likeness (QED) is 0.676. The van der Waals surface area contributed by atoms with E-state index in [4.69, 9.17) is 0 Å². The number of imidazole rings is 1. The standard InChI is InChI=1S/C12H15N5O2/c1-16-11-10(6-9(7-13-11)17(18)19)15-12(16)14-8-4-2-3-5-8/h6-8H,2-5H2,1H3,(H,14,15). The smallest absolute Gasteiger partial charge is 0.289 e. The number of nitro groups is 1. The van der Waals surface area contributed by atoms with E-state index >= 15 is 0 Å². The van der Waals surface area contributed by atoms with Crippen LogP contribution in [-0.2, 0) is 7.05 Å². The van der Waals surface area contributed by atoms with Gasteiger partial charge in [0.05, 0.1) is 4.92 Å². The molecule has 0 atom stereocenters. The second kappa shape index (κ2) is 4.49. The van der Waals surface area contributed by atoms with Crippen molar-refractivity contribution in [3.8, 4) is 0 Å². The lowest BCUT2D eigenvalue weighted by Crippen LogP contribution is -2.17. The van der Waals surface area contributed by atoms with Crippen molar-refractivity contribution in [2.75, 3.05) is 5.32 Å². The van der Waals surface area contributed by atoms with E-state index in [0.717, 1.165) is 18.8 Å². The summed E-state index contributed by atoms with van der Waals surface area (Å²) in [6, 6.07) is 1.91. The molecule has 0 unspecified atom stereocenters. The molecule has 1 aliphatic carbocycles. The number of aromatic nitrogens is 3. The molecule has 1 fully saturated rings. The number of anilines is 1. The monoisotopic (exact) mass is 261 g/mol. The Kier molecular flexibility index (Phi) is 2.81. The van der Waals surface area contributed by atoms with Gasteiger partial charge in [0.2, 0.25) is 5.95 Å². The molecule has 3 rings (SSSR count). The maximum Gasteiger partial charge on any atom is 0.289 e. The van der Waals surface area contributed by atoms with E-state index < -0.39 is 4.92 Å². The van der Waals surface area contributed by atoms with Crippen LogP contribution in [0, 0.1) is 10.1 Å². The number of fused-ring (bicyclic) bond motifs is 1. The molecule has 0 bridgehead atoms. The van der Waals surface area contributed by atoms with Crippen LogP contribution in [0.4, 0.5) is 11.6 Å². The second-order valence-corrected chi connectivity index (χ2v) is 4.91. The Morgan fingerprint density at radius 2 is 2.21 bits per heavy atom. The van der Waals surface area contributed by atoms with Crippen molar-refractivity contribution in [1.82, 2.24) is 14.5 Å². The van der Waals surface area contributed by atoms with Crippen LogP contribution in [0.5, 0.6) is 0 Å². The van der Waals surface area contributed by atoms with Crippen molar-refractivity contribution < 1.29 is 4.92 Å². The van der Waals surface area contributed by atoms with Gasteiger partial charge in [-0.05, 0) is 12.8 Å². The van der Waals surface area contributed by atoms with Crippen molar-refractivity contribution >= 4 is 22.8 Å². The van der Waals surface area contributed by atoms with Crippen LogP contribution in [0.2, 0.25) is 0 Å². The van der Waals surface area contributed by atoms with E-state index in [1.807, 2.05) is 11.6 Å². The molecule has 0 spiro atoms. The van der Waals surface area contributed by atoms with Crippen LogP contribution in [0.3, 0.4) is 0 Å². The summed E-state index contributed by atoms with van der Waals surface area (Å²) in [5.74, 6) is 0.731. The highest BCUT2D eigenvalue weighted by Gasteiger charge is 2.19. The summed E-state index contributed by atoms with van der Waals surface area (Å²) >= 11 is 0. The van der Waals surface area contributed by atoms with Gasteiger partial charge in [0, 0.05) is 19.2 Å². The van der Waals surface area contributed by atoms with Crippen LogP contribution in [0.1, 0.15) is 25.7 Å². The van der Waals surface area contributed by atoms with Crippen LogP contribution < -0.4 is 5.32 Å². The molecular formula is C12H15N5O2. The molecular weight excluding hydrogens is 246 g/mol. The molecule has 0 aromatic carbocycles. The highest BCUT2D eigenvalue weighted by molar-refractivity contribution is 5.76. The first-order chi connectivity index (χ1) is 9.15. The zero-order valence-electron chi connectivity index (χ0n) is 10.7. The molecule has 1 saturated carbocycles. The minimum absolute atomic E-state index is 0.0296. The number of hydrogen-bond acceptors (Lipinski definition) is 5. The van der Waals surface area contributed by atoms with Crippen molar-refractivity contribution in [1.29, 1.82) is 0 Å². The molecule has 1 N–H and O–H groups in total. The van der Waals surface area contributed by atoms with Gasteiger partial charge in [-0.25, -0.2) is 9.97 Å². The number of pyridine rings is 1. The minimum Gasteiger partial charge on any atom is -0.353 e. The predicted octanol–water partition coefficient (Wildman–Crippen LogP) is 2.23. The van der Waals surface area contributed by atoms with E-state index in [1.165, 1.54) is 25.1 Å². The third-order valence-corrected chi connectivity index (χ3v) is 3.59. The molecule has 19 heavy (non-hydrogen) atoms. The molecule has 2 aromatic rings. The fourth-order valence-corrected chi connectivity index (χ4v) is 2.55. The Labute approximate surface area is 109 Å². The topological polar surface area (TPSA) is 85.9 Å². The normalized spacial score (nSPS) is 16.1. The Bertz CT molecular complexity index is 630. The summed E-state index contributed by atoms with van der Waals surface area (Å²) in [6.07, 6.45) is 6.05. The van der Waals surface area contributed by atoms with E-state index in [2.05, 4.69) is 15.3 Å². The van der Waals surface area contributed by atoms with Crippen molar-refractivity contribution in [2.24, 2.45) is 7.05 Å². The first-order valence-corrected chi connectivity index (χ1v) is 6.38. The molecule has 7 nitrogen and oxygen atoms in total. The van der Waals surface area contributed by atoms with Gasteiger partial charge in [-0.1, -0.05) is 12.8 Å². The summed E-state index contributed by atoms with van der Waals surface area (Å²) in [7, 11) is 1.87. The van der Waals surface area contributed by atoms with Gasteiger partial charge in [-0.15, -0.1) is 0 Å². The molecule has 2 heterocycles. The number of nitrogens with one attached hydrogen (secondary N) is 1. The zero-order valence-corrected chi connectivity index (χ0v) is 10.7. The maximum absolute atomic E-state index is 10.7. The Hall–Kier alpha value is -2.18. The fourth-order valence-electron chi connectivity index (χ4n) is 2.55. The van der Waals surface area contributed by atoms with E-state index in [-0.39, 0.29) is 5.69 Å². The molecule has 0 amide bonds. The summed E-state index contributed by atoms with van der Waals surface area (Å²) in [5.41, 5.74) is 1.18. The lowest BCUT2D eigenvalue weighted by Gasteiger charge is -2.12. The fraction of sp³-hybridized carbons (Fsp3) is 0.500. The molecule has 1 aliphatic rings. The van der Waals surface area contributed by atoms with Crippen LogP contribution in [0.25, 0.3) is 11.2 Å². The average Bonchev–Trinajstić information content (AvgIpc) is 2.99. The van der Waals surface area contributed by atoms with E-state index in [9.17, 15) is 10.1 Å². The third kappa shape index (κ3) is 2.11. The number of rotatable bonds is 3. The lowest BCUT2D eigenvalue weighted by molar-refractivity contribution is -0.385. The summed E-state index contributed by atoms with van der Waals surface area (Å²) in [6.45, 7) is 0. The highest BCUT2D eigenvalue weighted by atomic mass is 16.6. The van der Waals surface area contributed by atoms with Gasteiger partial charge in [0.25, 0.3) is 5.69 Å². The number of nitrogens with zero attached hydrogens (tertiary/aromatic N) is 4. The van der Waals surface area contributed by atoms with Gasteiger partial charge in [0.1, 0.15) is 11.7 Å². The number of aryl methyl sites for hydroxylation is 1. The largest absolute Gasteiger partial charge is 0.353 e. The molecule has 100 valence electrons. The van der Waals surface area contributed by atoms with Crippen molar-refractivity contribution in [3.63, 3.8) is 0 Å². The summed E-state index contributed by atoms with van der Waals surface area (Å²) in [4.78, 5) is 18.8. The Morgan fingerprint density at radius 1 is 1.47 bits per heavy atom. The maximum atomic E-state index is 10.7. The van der Waals surface area contributed by atoms with Gasteiger partial charge in [-0.2, -0.15) is 0 Å². The summed E-state index contributed by atoms with van der Waals surface area (Å²) < 4.78 is 1.84. The number of hydrogen-bond donors (Lipinski definition) is 1. The van der Waals surface area contributed by atoms with Crippen molar-refractivity contribution in [3.05, 3.63) is 22.4 Å². The molecule has 7 heteroatoms. The van der Waals surface area contributed by atoms with Crippen LogP contribution in [0.15, 0.2) is 12.3 Å². The molecule has 0 saturated heterocycles. The van der Waals surface area contributed by atoms with Crippen LogP contribution >= 0.6 is 0 Å². The Morgan fingerprint density at radius 3 is 2.89 bits per heavy atom. The van der Waals surface area contributed by atoms with Gasteiger partial charge < -0.3 is 5.32 Å². The van der Waals surface area contributed by atoms with Gasteiger partial charge >= 0.3 is 0 Å². The second-order valence-electron chi connectivity index (χ2n) is 4.91. The SMILES string of the molecule is Cn1c(NC2CCCC2)nc2cc([N+](=O)[O-])cnc21. The summed E-state index contributed by atoms with van der Waals surface area (Å²) in [5, 5.41) is 14.1. The predicted molar refractivity (Wildman–Crippen MR) is 71.0 cm³/mol. The van der Waals surface area contributed by atoms with Crippen molar-refractivity contribution in [2.45, 2.75) is 31.7 Å². The average molecular weight is 261 g/mol. The van der Waals surface area contributed by atoms with Gasteiger partial charge in [-0.3, -0.25) is 14.7 Å². The first-order valence-electron chi connectivity index (χ1n) is 6.38. The zero-order chi connectivity index (χ0) is 13.4. The third-order valence-electron chi connectivity index (χ3n) is 3.59. The Balaban J connectivity index is 1.96. The highest BCUT2D eigenvalue weighted by Crippen LogP contribution is 2.25. The molecule has 0 radical (unpaired) electrons. The van der Waals surface area contributed by atoms with E-state index in [1.54, 1.807) is 0 Å². The molecule has 0 aliphatic heterocycles. The lowest BCUT2D eigenvalue weighted by atomic mass is 10.3. The molecule has 2 aromatic heterocycles. The van der Waals surface area contributed by atoms with Crippen LogP contribution in [-0.4, -0.2) is 25.5 Å².